The van der Waals surface area contributed by atoms with Gasteiger partial charge < -0.3 is 10.1 Å². The molecule has 3 amide bonds. The number of rotatable bonds is 7. The summed E-state index contributed by atoms with van der Waals surface area (Å²) in [6.07, 6.45) is -0.328. The van der Waals surface area contributed by atoms with Crippen molar-refractivity contribution in [2.24, 2.45) is 0 Å². The Bertz CT molecular complexity index is 1100. The number of nitro groups is 2. The number of imide groups is 1. The summed E-state index contributed by atoms with van der Waals surface area (Å²) >= 11 is 0. The Labute approximate surface area is 168 Å². The van der Waals surface area contributed by atoms with Crippen LogP contribution in [0.2, 0.25) is 0 Å². The largest absolute Gasteiger partial charge is 0.495 e. The molecule has 12 nitrogen and oxygen atoms in total. The third-order valence-corrected chi connectivity index (χ3v) is 4.40. The molecule has 0 aromatic heterocycles. The van der Waals surface area contributed by atoms with E-state index < -0.39 is 33.3 Å². The molecule has 3 rings (SSSR count). The van der Waals surface area contributed by atoms with Crippen molar-refractivity contribution < 1.29 is 29.0 Å². The minimum atomic E-state index is -0.858. The molecule has 154 valence electrons. The normalized spacial score (nSPS) is 12.5. The van der Waals surface area contributed by atoms with Crippen LogP contribution in [0, 0.1) is 20.2 Å². The maximum atomic E-state index is 12.5. The highest BCUT2D eigenvalue weighted by Gasteiger charge is 2.40. The first-order valence-electron chi connectivity index (χ1n) is 8.50. The molecule has 0 spiro atoms. The lowest BCUT2D eigenvalue weighted by Gasteiger charge is -2.14. The maximum absolute atomic E-state index is 12.5. The Kier molecular flexibility index (Phi) is 5.40. The van der Waals surface area contributed by atoms with Crippen LogP contribution < -0.4 is 10.1 Å². The fourth-order valence-electron chi connectivity index (χ4n) is 3.00. The number of hydrogen-bond donors (Lipinski definition) is 1. The third-order valence-electron chi connectivity index (χ3n) is 4.40. The highest BCUT2D eigenvalue weighted by molar-refractivity contribution is 6.23. The molecule has 2 aromatic carbocycles. The third kappa shape index (κ3) is 3.65. The Balaban J connectivity index is 1.73. The molecule has 0 saturated carbocycles. The van der Waals surface area contributed by atoms with Crippen molar-refractivity contribution in [1.29, 1.82) is 0 Å². The van der Waals surface area contributed by atoms with Gasteiger partial charge >= 0.3 is 0 Å². The van der Waals surface area contributed by atoms with Crippen molar-refractivity contribution in [3.8, 4) is 5.75 Å². The summed E-state index contributed by atoms with van der Waals surface area (Å²) < 4.78 is 5.05. The molecule has 1 aliphatic rings. The minimum Gasteiger partial charge on any atom is -0.495 e. The Hall–Kier alpha value is -4.35. The van der Waals surface area contributed by atoms with Gasteiger partial charge in [0.1, 0.15) is 11.3 Å². The number of carbonyl (C=O) groups excluding carboxylic acids is 3. The van der Waals surface area contributed by atoms with E-state index in [1.165, 1.54) is 31.4 Å². The molecule has 1 heterocycles. The van der Waals surface area contributed by atoms with Crippen molar-refractivity contribution in [2.75, 3.05) is 19.0 Å². The first kappa shape index (κ1) is 20.4. The lowest BCUT2D eigenvalue weighted by Crippen LogP contribution is -2.33. The lowest BCUT2D eigenvalue weighted by molar-refractivity contribution is -0.385. The van der Waals surface area contributed by atoms with Crippen LogP contribution in [0.1, 0.15) is 27.1 Å². The summed E-state index contributed by atoms with van der Waals surface area (Å²) in [4.78, 5) is 58.6. The second-order valence-electron chi connectivity index (χ2n) is 6.16. The lowest BCUT2D eigenvalue weighted by atomic mass is 10.1. The van der Waals surface area contributed by atoms with Gasteiger partial charge in [0.15, 0.2) is 0 Å². The highest BCUT2D eigenvalue weighted by Crippen LogP contribution is 2.31. The molecule has 30 heavy (non-hydrogen) atoms. The van der Waals surface area contributed by atoms with Crippen molar-refractivity contribution in [1.82, 2.24) is 4.90 Å². The minimum absolute atomic E-state index is 0.0506. The van der Waals surface area contributed by atoms with E-state index in [-0.39, 0.29) is 41.2 Å². The van der Waals surface area contributed by atoms with Gasteiger partial charge in [-0.25, -0.2) is 0 Å². The predicted molar refractivity (Wildman–Crippen MR) is 101 cm³/mol. The Morgan fingerprint density at radius 2 is 1.83 bits per heavy atom. The standard InChI is InChI=1S/C18H14N4O8/c1-30-14-6-5-10(21(26)27)9-12(14)19-15(23)7-8-20-17(24)11-3-2-4-13(22(28)29)16(11)18(20)25/h2-6,9H,7-8H2,1H3,(H,19,23). The van der Waals surface area contributed by atoms with Crippen LogP contribution in [0.3, 0.4) is 0 Å². The van der Waals surface area contributed by atoms with Gasteiger partial charge in [0.2, 0.25) is 5.91 Å². The number of ether oxygens (including phenoxy) is 1. The first-order valence-corrected chi connectivity index (χ1v) is 8.50. The van der Waals surface area contributed by atoms with Crippen molar-refractivity contribution >= 4 is 34.8 Å². The van der Waals surface area contributed by atoms with E-state index in [0.29, 0.717) is 0 Å². The van der Waals surface area contributed by atoms with E-state index in [2.05, 4.69) is 5.32 Å². The monoisotopic (exact) mass is 414 g/mol. The number of anilines is 1. The summed E-state index contributed by atoms with van der Waals surface area (Å²) in [5.41, 5.74) is -1.11. The molecule has 0 aliphatic carbocycles. The van der Waals surface area contributed by atoms with Gasteiger partial charge in [0.25, 0.3) is 23.2 Å². The zero-order valence-electron chi connectivity index (χ0n) is 15.5. The summed E-state index contributed by atoms with van der Waals surface area (Å²) in [6, 6.07) is 7.36. The molecular formula is C18H14N4O8. The number of nitrogens with zero attached hydrogens (tertiary/aromatic N) is 3. The van der Waals surface area contributed by atoms with E-state index in [1.54, 1.807) is 0 Å². The van der Waals surface area contributed by atoms with Gasteiger partial charge in [0.05, 0.1) is 28.2 Å². The molecule has 0 bridgehead atoms. The van der Waals surface area contributed by atoms with Crippen molar-refractivity contribution in [2.45, 2.75) is 6.42 Å². The highest BCUT2D eigenvalue weighted by atomic mass is 16.6. The van der Waals surface area contributed by atoms with Gasteiger partial charge in [0, 0.05) is 31.2 Å². The van der Waals surface area contributed by atoms with Crippen molar-refractivity contribution in [3.63, 3.8) is 0 Å². The van der Waals surface area contributed by atoms with Crippen LogP contribution in [0.25, 0.3) is 0 Å². The molecule has 2 aromatic rings. The van der Waals surface area contributed by atoms with Crippen LogP contribution in [-0.4, -0.2) is 46.1 Å². The number of non-ortho nitro benzene ring substituents is 1. The molecule has 0 unspecified atom stereocenters. The number of methoxy groups -OCH3 is 1. The fourth-order valence-corrected chi connectivity index (χ4v) is 3.00. The van der Waals surface area contributed by atoms with Gasteiger partial charge in [-0.05, 0) is 12.1 Å². The average molecular weight is 414 g/mol. The summed E-state index contributed by atoms with van der Waals surface area (Å²) in [5.74, 6) is -2.05. The van der Waals surface area contributed by atoms with E-state index in [4.69, 9.17) is 4.74 Å². The quantitative estimate of drug-likeness (QED) is 0.409. The first-order chi connectivity index (χ1) is 14.2. The topological polar surface area (TPSA) is 162 Å². The maximum Gasteiger partial charge on any atom is 0.282 e. The van der Waals surface area contributed by atoms with E-state index in [9.17, 15) is 34.6 Å². The number of nitrogens with one attached hydrogen (secondary N) is 1. The predicted octanol–water partition coefficient (Wildman–Crippen LogP) is 2.14. The molecular weight excluding hydrogens is 400 g/mol. The fraction of sp³-hybridized carbons (Fsp3) is 0.167. The second-order valence-corrected chi connectivity index (χ2v) is 6.16. The zero-order valence-corrected chi connectivity index (χ0v) is 15.5. The van der Waals surface area contributed by atoms with E-state index in [1.807, 2.05) is 0 Å². The van der Waals surface area contributed by atoms with Gasteiger partial charge in [-0.15, -0.1) is 0 Å². The molecule has 0 radical (unpaired) electrons. The molecule has 1 N–H and O–H groups in total. The van der Waals surface area contributed by atoms with Crippen LogP contribution in [0.5, 0.6) is 5.75 Å². The van der Waals surface area contributed by atoms with Crippen LogP contribution in [-0.2, 0) is 4.79 Å². The molecule has 0 fully saturated rings. The van der Waals surface area contributed by atoms with Crippen molar-refractivity contribution in [3.05, 3.63) is 67.8 Å². The smallest absolute Gasteiger partial charge is 0.282 e. The zero-order chi connectivity index (χ0) is 22.0. The van der Waals surface area contributed by atoms with Crippen LogP contribution in [0.4, 0.5) is 17.1 Å². The number of amides is 3. The number of benzene rings is 2. The summed E-state index contributed by atoms with van der Waals surface area (Å²) in [7, 11) is 1.32. The van der Waals surface area contributed by atoms with Crippen LogP contribution >= 0.6 is 0 Å². The van der Waals surface area contributed by atoms with Gasteiger partial charge in [-0.3, -0.25) is 39.5 Å². The number of fused-ring (bicyclic) bond motifs is 1. The Morgan fingerprint density at radius 1 is 1.10 bits per heavy atom. The SMILES string of the molecule is COc1ccc([N+](=O)[O-])cc1NC(=O)CCN1C(=O)c2cccc([N+](=O)[O-])c2C1=O. The van der Waals surface area contributed by atoms with E-state index >= 15 is 0 Å². The molecule has 0 saturated heterocycles. The average Bonchev–Trinajstić information content (AvgIpc) is 2.96. The molecule has 1 aliphatic heterocycles. The van der Waals surface area contributed by atoms with Gasteiger partial charge in [-0.2, -0.15) is 0 Å². The molecule has 12 heteroatoms. The number of nitro benzene ring substituents is 2. The van der Waals surface area contributed by atoms with E-state index in [0.717, 1.165) is 17.0 Å². The van der Waals surface area contributed by atoms with Crippen LogP contribution in [0.15, 0.2) is 36.4 Å². The summed E-state index contributed by atoms with van der Waals surface area (Å²) in [6.45, 7) is -0.327. The number of hydrogen-bond acceptors (Lipinski definition) is 8. The molecule has 0 atom stereocenters. The Morgan fingerprint density at radius 3 is 2.47 bits per heavy atom. The second kappa shape index (κ2) is 7.95. The van der Waals surface area contributed by atoms with Gasteiger partial charge in [-0.1, -0.05) is 6.07 Å². The number of carbonyl (C=O) groups is 3. The summed E-state index contributed by atoms with van der Waals surface area (Å²) in [5, 5.41) is 24.5.